The van der Waals surface area contributed by atoms with E-state index in [4.69, 9.17) is 5.11 Å². The van der Waals surface area contributed by atoms with Crippen LogP contribution in [0.5, 0.6) is 0 Å². The second-order valence-corrected chi connectivity index (χ2v) is 4.91. The molecule has 4 heteroatoms. The van der Waals surface area contributed by atoms with E-state index in [9.17, 15) is 4.79 Å². The van der Waals surface area contributed by atoms with Crippen LogP contribution in [0, 0.1) is 11.8 Å². The van der Waals surface area contributed by atoms with Gasteiger partial charge in [0, 0.05) is 31.7 Å². The molecule has 0 bridgehead atoms. The standard InChI is InChI=1S/C12H24N2O2/c1-4-9(2)10(3)13-12(16)14-6-5-11(7-14)8-15/h9-11,15H,4-8H2,1-3H3,(H,13,16). The third-order valence-corrected chi connectivity index (χ3v) is 3.68. The first-order chi connectivity index (χ1) is 7.58. The Balaban J connectivity index is 2.35. The summed E-state index contributed by atoms with van der Waals surface area (Å²) in [4.78, 5) is 13.7. The summed E-state index contributed by atoms with van der Waals surface area (Å²) in [5.41, 5.74) is 0. The third-order valence-electron chi connectivity index (χ3n) is 3.68. The van der Waals surface area contributed by atoms with E-state index in [2.05, 4.69) is 19.2 Å². The van der Waals surface area contributed by atoms with E-state index >= 15 is 0 Å². The molecule has 4 nitrogen and oxygen atoms in total. The molecule has 0 spiro atoms. The maximum absolute atomic E-state index is 11.9. The molecule has 0 radical (unpaired) electrons. The van der Waals surface area contributed by atoms with Crippen molar-refractivity contribution in [2.75, 3.05) is 19.7 Å². The predicted octanol–water partition coefficient (Wildman–Crippen LogP) is 1.44. The van der Waals surface area contributed by atoms with E-state index in [1.807, 2.05) is 6.92 Å². The van der Waals surface area contributed by atoms with E-state index in [0.29, 0.717) is 12.5 Å². The van der Waals surface area contributed by atoms with Crippen LogP contribution in [0.3, 0.4) is 0 Å². The van der Waals surface area contributed by atoms with Gasteiger partial charge in [0.2, 0.25) is 0 Å². The summed E-state index contributed by atoms with van der Waals surface area (Å²) in [6, 6.07) is 0.231. The minimum atomic E-state index is 0.0174. The first kappa shape index (κ1) is 13.3. The lowest BCUT2D eigenvalue weighted by molar-refractivity contribution is 0.192. The molecule has 0 aromatic carbocycles. The van der Waals surface area contributed by atoms with Crippen LogP contribution in [-0.2, 0) is 0 Å². The van der Waals surface area contributed by atoms with Crippen molar-refractivity contribution in [1.82, 2.24) is 10.2 Å². The number of hydrogen-bond acceptors (Lipinski definition) is 2. The number of rotatable bonds is 4. The molecule has 1 aliphatic rings. The van der Waals surface area contributed by atoms with E-state index in [1.165, 1.54) is 0 Å². The molecular weight excluding hydrogens is 204 g/mol. The molecule has 0 aromatic heterocycles. The van der Waals surface area contributed by atoms with Crippen LogP contribution >= 0.6 is 0 Å². The number of nitrogens with zero attached hydrogens (tertiary/aromatic N) is 1. The third kappa shape index (κ3) is 3.37. The predicted molar refractivity (Wildman–Crippen MR) is 64.2 cm³/mol. The van der Waals surface area contributed by atoms with E-state index < -0.39 is 0 Å². The minimum absolute atomic E-state index is 0.0174. The van der Waals surface area contributed by atoms with E-state index in [-0.39, 0.29) is 24.6 Å². The van der Waals surface area contributed by atoms with Crippen LogP contribution in [0.4, 0.5) is 4.79 Å². The molecule has 16 heavy (non-hydrogen) atoms. The number of carbonyl (C=O) groups is 1. The number of likely N-dealkylation sites (tertiary alicyclic amines) is 1. The average molecular weight is 228 g/mol. The van der Waals surface area contributed by atoms with Gasteiger partial charge in [-0.3, -0.25) is 0 Å². The van der Waals surface area contributed by atoms with Crippen LogP contribution in [0.15, 0.2) is 0 Å². The van der Waals surface area contributed by atoms with Crippen LogP contribution < -0.4 is 5.32 Å². The highest BCUT2D eigenvalue weighted by molar-refractivity contribution is 5.74. The highest BCUT2D eigenvalue weighted by Crippen LogP contribution is 2.16. The fourth-order valence-corrected chi connectivity index (χ4v) is 1.95. The van der Waals surface area contributed by atoms with Crippen LogP contribution in [0.2, 0.25) is 0 Å². The summed E-state index contributed by atoms with van der Waals surface area (Å²) >= 11 is 0. The zero-order valence-electron chi connectivity index (χ0n) is 10.6. The van der Waals surface area contributed by atoms with E-state index in [0.717, 1.165) is 19.4 Å². The summed E-state index contributed by atoms with van der Waals surface area (Å²) in [6.07, 6.45) is 1.99. The van der Waals surface area contributed by atoms with Gasteiger partial charge >= 0.3 is 6.03 Å². The summed E-state index contributed by atoms with van der Waals surface area (Å²) < 4.78 is 0. The molecule has 2 amide bonds. The molecule has 1 fully saturated rings. The fourth-order valence-electron chi connectivity index (χ4n) is 1.95. The van der Waals surface area contributed by atoms with Crippen molar-refractivity contribution in [2.45, 2.75) is 39.7 Å². The van der Waals surface area contributed by atoms with Crippen molar-refractivity contribution in [3.05, 3.63) is 0 Å². The molecule has 1 aliphatic heterocycles. The summed E-state index contributed by atoms with van der Waals surface area (Å²) in [6.45, 7) is 7.96. The number of urea groups is 1. The lowest BCUT2D eigenvalue weighted by Gasteiger charge is -2.24. The molecule has 0 aliphatic carbocycles. The Bertz CT molecular complexity index is 233. The van der Waals surface area contributed by atoms with Gasteiger partial charge in [-0.1, -0.05) is 20.3 Å². The molecule has 2 N–H and O–H groups in total. The average Bonchev–Trinajstić information content (AvgIpc) is 2.76. The fraction of sp³-hybridized carbons (Fsp3) is 0.917. The van der Waals surface area contributed by atoms with Gasteiger partial charge < -0.3 is 15.3 Å². The maximum Gasteiger partial charge on any atom is 0.317 e. The number of nitrogens with one attached hydrogen (secondary N) is 1. The molecule has 1 saturated heterocycles. The first-order valence-electron chi connectivity index (χ1n) is 6.24. The van der Waals surface area contributed by atoms with Crippen molar-refractivity contribution in [3.63, 3.8) is 0 Å². The smallest absolute Gasteiger partial charge is 0.317 e. The quantitative estimate of drug-likeness (QED) is 0.765. The topological polar surface area (TPSA) is 52.6 Å². The zero-order valence-corrected chi connectivity index (χ0v) is 10.6. The Labute approximate surface area is 98.0 Å². The summed E-state index contributed by atoms with van der Waals surface area (Å²) in [5, 5.41) is 12.0. The SMILES string of the molecule is CCC(C)C(C)NC(=O)N1CCC(CO)C1. The van der Waals surface area contributed by atoms with Gasteiger partial charge in [-0.25, -0.2) is 4.79 Å². The number of hydrogen-bond donors (Lipinski definition) is 2. The Morgan fingerprint density at radius 1 is 1.56 bits per heavy atom. The molecule has 3 atom stereocenters. The zero-order chi connectivity index (χ0) is 12.1. The van der Waals surface area contributed by atoms with Gasteiger partial charge in [0.1, 0.15) is 0 Å². The molecule has 1 heterocycles. The van der Waals surface area contributed by atoms with Crippen LogP contribution in [0.1, 0.15) is 33.6 Å². The molecule has 3 unspecified atom stereocenters. The van der Waals surface area contributed by atoms with Gasteiger partial charge in [-0.05, 0) is 19.3 Å². The van der Waals surface area contributed by atoms with Gasteiger partial charge in [-0.2, -0.15) is 0 Å². The monoisotopic (exact) mass is 228 g/mol. The minimum Gasteiger partial charge on any atom is -0.396 e. The lowest BCUT2D eigenvalue weighted by Crippen LogP contribution is -2.45. The number of carbonyl (C=O) groups excluding carboxylic acids is 1. The Hall–Kier alpha value is -0.770. The number of aliphatic hydroxyl groups is 1. The van der Waals surface area contributed by atoms with Gasteiger partial charge in [0.25, 0.3) is 0 Å². The normalized spacial score (nSPS) is 24.2. The highest BCUT2D eigenvalue weighted by Gasteiger charge is 2.26. The van der Waals surface area contributed by atoms with E-state index in [1.54, 1.807) is 4.90 Å². The molecule has 1 rings (SSSR count). The Morgan fingerprint density at radius 2 is 2.25 bits per heavy atom. The molecule has 94 valence electrons. The Morgan fingerprint density at radius 3 is 2.75 bits per heavy atom. The van der Waals surface area contributed by atoms with Crippen LogP contribution in [-0.4, -0.2) is 41.8 Å². The second-order valence-electron chi connectivity index (χ2n) is 4.91. The van der Waals surface area contributed by atoms with Crippen molar-refractivity contribution >= 4 is 6.03 Å². The lowest BCUT2D eigenvalue weighted by atomic mass is 10.0. The number of amides is 2. The van der Waals surface area contributed by atoms with Crippen molar-refractivity contribution < 1.29 is 9.90 Å². The van der Waals surface area contributed by atoms with Crippen molar-refractivity contribution in [1.29, 1.82) is 0 Å². The molecule has 0 aromatic rings. The van der Waals surface area contributed by atoms with Gasteiger partial charge in [0.15, 0.2) is 0 Å². The first-order valence-corrected chi connectivity index (χ1v) is 6.24. The highest BCUT2D eigenvalue weighted by atomic mass is 16.3. The molecule has 0 saturated carbocycles. The van der Waals surface area contributed by atoms with Gasteiger partial charge in [-0.15, -0.1) is 0 Å². The largest absolute Gasteiger partial charge is 0.396 e. The number of aliphatic hydroxyl groups excluding tert-OH is 1. The van der Waals surface area contributed by atoms with Crippen molar-refractivity contribution in [2.24, 2.45) is 11.8 Å². The van der Waals surface area contributed by atoms with Crippen molar-refractivity contribution in [3.8, 4) is 0 Å². The maximum atomic E-state index is 11.9. The second kappa shape index (κ2) is 6.09. The summed E-state index contributed by atoms with van der Waals surface area (Å²) in [7, 11) is 0. The molecular formula is C12H24N2O2. The van der Waals surface area contributed by atoms with Crippen LogP contribution in [0.25, 0.3) is 0 Å². The Kier molecular flexibility index (Phi) is 5.06. The van der Waals surface area contributed by atoms with Gasteiger partial charge in [0.05, 0.1) is 0 Å². The summed E-state index contributed by atoms with van der Waals surface area (Å²) in [5.74, 6) is 0.768.